The maximum Gasteiger partial charge on any atom is 0.226 e. The minimum atomic E-state index is -0.144. The summed E-state index contributed by atoms with van der Waals surface area (Å²) in [5.74, 6) is 1.05. The SMILES string of the molecule is COc1ccc(NC(=O)CCn2c(-c3ccccc3)cc(C(C)=O)c2C)c(OC)c1. The van der Waals surface area contributed by atoms with Crippen LogP contribution in [0.25, 0.3) is 11.3 Å². The molecule has 1 heterocycles. The van der Waals surface area contributed by atoms with Crippen LogP contribution >= 0.6 is 0 Å². The lowest BCUT2D eigenvalue weighted by atomic mass is 10.1. The number of ether oxygens (including phenoxy) is 2. The minimum absolute atomic E-state index is 0.0100. The molecule has 3 rings (SSSR count). The van der Waals surface area contributed by atoms with Crippen molar-refractivity contribution >= 4 is 17.4 Å². The van der Waals surface area contributed by atoms with Gasteiger partial charge in [-0.3, -0.25) is 9.59 Å². The molecule has 0 spiro atoms. The number of amides is 1. The van der Waals surface area contributed by atoms with Crippen LogP contribution in [0.1, 0.15) is 29.4 Å². The highest BCUT2D eigenvalue weighted by atomic mass is 16.5. The van der Waals surface area contributed by atoms with Crippen molar-refractivity contribution in [1.82, 2.24) is 4.57 Å². The number of aromatic nitrogens is 1. The van der Waals surface area contributed by atoms with Crippen molar-refractivity contribution in [3.8, 4) is 22.8 Å². The highest BCUT2D eigenvalue weighted by molar-refractivity contribution is 5.97. The Morgan fingerprint density at radius 1 is 1.00 bits per heavy atom. The molecule has 6 heteroatoms. The van der Waals surface area contributed by atoms with Crippen LogP contribution < -0.4 is 14.8 Å². The predicted molar refractivity (Wildman–Crippen MR) is 117 cm³/mol. The van der Waals surface area contributed by atoms with Gasteiger partial charge in [0.1, 0.15) is 11.5 Å². The van der Waals surface area contributed by atoms with Gasteiger partial charge in [0.05, 0.1) is 19.9 Å². The fraction of sp³-hybridized carbons (Fsp3) is 0.250. The van der Waals surface area contributed by atoms with Crippen molar-refractivity contribution in [3.05, 3.63) is 65.9 Å². The van der Waals surface area contributed by atoms with Crippen LogP contribution in [0.5, 0.6) is 11.5 Å². The van der Waals surface area contributed by atoms with Crippen molar-refractivity contribution < 1.29 is 19.1 Å². The topological polar surface area (TPSA) is 69.6 Å². The number of hydrogen-bond donors (Lipinski definition) is 1. The van der Waals surface area contributed by atoms with Crippen molar-refractivity contribution in [2.24, 2.45) is 0 Å². The number of anilines is 1. The smallest absolute Gasteiger partial charge is 0.226 e. The van der Waals surface area contributed by atoms with Gasteiger partial charge < -0.3 is 19.4 Å². The molecule has 6 nitrogen and oxygen atoms in total. The van der Waals surface area contributed by atoms with Crippen molar-refractivity contribution in [2.45, 2.75) is 26.8 Å². The largest absolute Gasteiger partial charge is 0.497 e. The molecule has 0 aliphatic heterocycles. The lowest BCUT2D eigenvalue weighted by Gasteiger charge is -2.14. The van der Waals surface area contributed by atoms with E-state index in [-0.39, 0.29) is 18.1 Å². The van der Waals surface area contributed by atoms with Crippen LogP contribution in [-0.2, 0) is 11.3 Å². The van der Waals surface area contributed by atoms with E-state index in [1.807, 2.05) is 47.9 Å². The molecule has 0 aliphatic rings. The fourth-order valence-electron chi connectivity index (χ4n) is 3.47. The third-order valence-corrected chi connectivity index (χ3v) is 5.06. The Bertz CT molecular complexity index is 1050. The second-order valence-corrected chi connectivity index (χ2v) is 6.97. The number of rotatable bonds is 8. The molecule has 0 atom stereocenters. The van der Waals surface area contributed by atoms with Crippen molar-refractivity contribution in [1.29, 1.82) is 0 Å². The lowest BCUT2D eigenvalue weighted by molar-refractivity contribution is -0.116. The summed E-state index contributed by atoms with van der Waals surface area (Å²) in [4.78, 5) is 24.7. The second kappa shape index (κ2) is 9.31. The molecule has 1 aromatic heterocycles. The van der Waals surface area contributed by atoms with E-state index in [4.69, 9.17) is 9.47 Å². The summed E-state index contributed by atoms with van der Waals surface area (Å²) in [5.41, 5.74) is 4.04. The maximum absolute atomic E-state index is 12.6. The summed E-state index contributed by atoms with van der Waals surface area (Å²) in [5, 5.41) is 2.89. The molecule has 0 aliphatic carbocycles. The van der Waals surface area contributed by atoms with E-state index in [1.165, 1.54) is 0 Å². The molecular formula is C24H26N2O4. The number of benzene rings is 2. The summed E-state index contributed by atoms with van der Waals surface area (Å²) < 4.78 is 12.6. The number of ketones is 1. The van der Waals surface area contributed by atoms with Crippen molar-refractivity contribution in [3.63, 3.8) is 0 Å². The average molecular weight is 406 g/mol. The predicted octanol–water partition coefficient (Wildman–Crippen LogP) is 4.71. The third kappa shape index (κ3) is 4.54. The molecule has 30 heavy (non-hydrogen) atoms. The van der Waals surface area contributed by atoms with Crippen LogP contribution in [-0.4, -0.2) is 30.5 Å². The fourth-order valence-corrected chi connectivity index (χ4v) is 3.47. The Kier molecular flexibility index (Phi) is 6.57. The highest BCUT2D eigenvalue weighted by Gasteiger charge is 2.17. The highest BCUT2D eigenvalue weighted by Crippen LogP contribution is 2.30. The Morgan fingerprint density at radius 2 is 1.73 bits per heavy atom. The Morgan fingerprint density at radius 3 is 2.37 bits per heavy atom. The zero-order chi connectivity index (χ0) is 21.7. The first kappa shape index (κ1) is 21.2. The molecule has 2 aromatic carbocycles. The number of nitrogens with zero attached hydrogens (tertiary/aromatic N) is 1. The molecule has 0 saturated heterocycles. The Labute approximate surface area is 176 Å². The van der Waals surface area contributed by atoms with E-state index < -0.39 is 0 Å². The lowest BCUT2D eigenvalue weighted by Crippen LogP contribution is -2.16. The minimum Gasteiger partial charge on any atom is -0.497 e. The van der Waals surface area contributed by atoms with E-state index in [0.717, 1.165) is 17.0 Å². The van der Waals surface area contributed by atoms with Gasteiger partial charge in [0.2, 0.25) is 5.91 Å². The molecule has 3 aromatic rings. The van der Waals surface area contributed by atoms with Crippen LogP contribution in [0.2, 0.25) is 0 Å². The Balaban J connectivity index is 1.80. The molecule has 0 bridgehead atoms. The number of carbonyl (C=O) groups excluding carboxylic acids is 2. The molecule has 0 unspecified atom stereocenters. The van der Waals surface area contributed by atoms with E-state index in [2.05, 4.69) is 5.32 Å². The summed E-state index contributed by atoms with van der Waals surface area (Å²) in [6.07, 6.45) is 0.252. The monoisotopic (exact) mass is 406 g/mol. The quantitative estimate of drug-likeness (QED) is 0.550. The van der Waals surface area contributed by atoms with Gasteiger partial charge in [-0.1, -0.05) is 30.3 Å². The van der Waals surface area contributed by atoms with Crippen LogP contribution in [0.15, 0.2) is 54.6 Å². The maximum atomic E-state index is 12.6. The molecular weight excluding hydrogens is 380 g/mol. The zero-order valence-electron chi connectivity index (χ0n) is 17.7. The number of carbonyl (C=O) groups is 2. The first-order chi connectivity index (χ1) is 14.4. The number of hydrogen-bond acceptors (Lipinski definition) is 4. The zero-order valence-corrected chi connectivity index (χ0v) is 17.7. The van der Waals surface area contributed by atoms with Gasteiger partial charge in [-0.15, -0.1) is 0 Å². The van der Waals surface area contributed by atoms with E-state index in [9.17, 15) is 9.59 Å². The Hall–Kier alpha value is -3.54. The van der Waals surface area contributed by atoms with Gasteiger partial charge >= 0.3 is 0 Å². The molecule has 0 fully saturated rings. The van der Waals surface area contributed by atoms with Crippen LogP contribution in [0.3, 0.4) is 0 Å². The van der Waals surface area contributed by atoms with Gasteiger partial charge in [0, 0.05) is 36.0 Å². The number of methoxy groups -OCH3 is 2. The average Bonchev–Trinajstić information content (AvgIpc) is 3.09. The van der Waals surface area contributed by atoms with E-state index >= 15 is 0 Å². The standard InChI is InChI=1S/C24H26N2O4/c1-16-20(17(2)27)15-22(18-8-6-5-7-9-18)26(16)13-12-24(28)25-21-11-10-19(29-3)14-23(21)30-4/h5-11,14-15H,12-13H2,1-4H3,(H,25,28). The molecule has 156 valence electrons. The molecule has 0 radical (unpaired) electrons. The van der Waals surface area contributed by atoms with Gasteiger partial charge in [-0.2, -0.15) is 0 Å². The third-order valence-electron chi connectivity index (χ3n) is 5.06. The van der Waals surface area contributed by atoms with Gasteiger partial charge in [0.25, 0.3) is 0 Å². The molecule has 0 saturated carbocycles. The molecule has 1 amide bonds. The first-order valence-corrected chi connectivity index (χ1v) is 9.73. The van der Waals surface area contributed by atoms with Gasteiger partial charge in [0.15, 0.2) is 5.78 Å². The van der Waals surface area contributed by atoms with E-state index in [0.29, 0.717) is 29.3 Å². The number of Topliss-reactive ketones (excluding diaryl/α,β-unsaturated/α-hetero) is 1. The van der Waals surface area contributed by atoms with Crippen molar-refractivity contribution in [2.75, 3.05) is 19.5 Å². The second-order valence-electron chi connectivity index (χ2n) is 6.97. The molecule has 1 N–H and O–H groups in total. The van der Waals surface area contributed by atoms with Gasteiger partial charge in [-0.05, 0) is 37.6 Å². The summed E-state index contributed by atoms with van der Waals surface area (Å²) in [7, 11) is 3.12. The van der Waals surface area contributed by atoms with Gasteiger partial charge in [-0.25, -0.2) is 0 Å². The normalized spacial score (nSPS) is 10.5. The number of nitrogens with one attached hydrogen (secondary N) is 1. The summed E-state index contributed by atoms with van der Waals surface area (Å²) >= 11 is 0. The van der Waals surface area contributed by atoms with Crippen LogP contribution in [0.4, 0.5) is 5.69 Å². The summed E-state index contributed by atoms with van der Waals surface area (Å²) in [6, 6.07) is 17.0. The van der Waals surface area contributed by atoms with Crippen LogP contribution in [0, 0.1) is 6.92 Å². The first-order valence-electron chi connectivity index (χ1n) is 9.73. The summed E-state index contributed by atoms with van der Waals surface area (Å²) in [6.45, 7) is 3.92. The van der Waals surface area contributed by atoms with E-state index in [1.54, 1.807) is 39.3 Å².